The van der Waals surface area contributed by atoms with Crippen molar-refractivity contribution in [2.75, 3.05) is 6.61 Å². The van der Waals surface area contributed by atoms with Crippen LogP contribution in [-0.2, 0) is 17.8 Å². The lowest BCUT2D eigenvalue weighted by atomic mass is 10.1. The molecule has 0 spiro atoms. The number of nitrogens with zero attached hydrogens (tertiary/aromatic N) is 2. The van der Waals surface area contributed by atoms with Crippen LogP contribution in [0.3, 0.4) is 0 Å². The molecule has 2 aromatic rings. The van der Waals surface area contributed by atoms with Crippen LogP contribution >= 0.6 is 35.6 Å². The maximum absolute atomic E-state index is 12.7. The molecular formula is C19H15ClN2O2S2. The Hall–Kier alpha value is -2.07. The normalized spacial score (nSPS) is 16.6. The largest absolute Gasteiger partial charge is 0.479 e. The average molecular weight is 403 g/mol. The maximum atomic E-state index is 12.7. The number of amides is 1. The molecule has 1 aliphatic rings. The molecule has 0 N–H and O–H groups in total. The Balaban J connectivity index is 1.67. The molecule has 26 heavy (non-hydrogen) atoms. The van der Waals surface area contributed by atoms with Gasteiger partial charge in [-0.15, -0.1) is 6.42 Å². The Morgan fingerprint density at radius 1 is 1.38 bits per heavy atom. The van der Waals surface area contributed by atoms with E-state index in [2.05, 4.69) is 10.9 Å². The number of ether oxygens (including phenoxy) is 1. The minimum atomic E-state index is -0.257. The van der Waals surface area contributed by atoms with Gasteiger partial charge in [0.05, 0.1) is 16.8 Å². The number of thioether (sulfide) groups is 1. The summed E-state index contributed by atoms with van der Waals surface area (Å²) in [7, 11) is 0. The maximum Gasteiger partial charge on any atom is 0.242 e. The smallest absolute Gasteiger partial charge is 0.242 e. The van der Waals surface area contributed by atoms with Crippen molar-refractivity contribution < 1.29 is 9.53 Å². The molecule has 0 bridgehead atoms. The fourth-order valence-electron chi connectivity index (χ4n) is 2.57. The Labute approximate surface area is 166 Å². The van der Waals surface area contributed by atoms with Gasteiger partial charge in [0.15, 0.2) is 0 Å². The van der Waals surface area contributed by atoms with Crippen molar-refractivity contribution in [1.29, 1.82) is 0 Å². The third-order valence-electron chi connectivity index (χ3n) is 3.80. The molecule has 1 saturated heterocycles. The highest BCUT2D eigenvalue weighted by Gasteiger charge is 2.36. The van der Waals surface area contributed by atoms with Gasteiger partial charge in [0, 0.05) is 12.4 Å². The topological polar surface area (TPSA) is 42.4 Å². The van der Waals surface area contributed by atoms with Gasteiger partial charge in [0.1, 0.15) is 16.7 Å². The highest BCUT2D eigenvalue weighted by Crippen LogP contribution is 2.33. The SMILES string of the molecule is C#CCOc1ccc(C[C@H]2SC(=S)N(Cc3cccnc3)C2=O)cc1Cl. The van der Waals surface area contributed by atoms with Crippen LogP contribution < -0.4 is 4.74 Å². The first-order valence-corrected chi connectivity index (χ1v) is 9.50. The van der Waals surface area contributed by atoms with E-state index in [0.717, 1.165) is 11.1 Å². The summed E-state index contributed by atoms with van der Waals surface area (Å²) in [6, 6.07) is 9.22. The van der Waals surface area contributed by atoms with E-state index in [9.17, 15) is 4.79 Å². The van der Waals surface area contributed by atoms with Gasteiger partial charge in [-0.25, -0.2) is 0 Å². The first-order chi connectivity index (χ1) is 12.6. The van der Waals surface area contributed by atoms with E-state index in [4.69, 9.17) is 35.0 Å². The molecule has 4 nitrogen and oxygen atoms in total. The number of benzene rings is 1. The van der Waals surface area contributed by atoms with Crippen molar-refractivity contribution in [2.45, 2.75) is 18.2 Å². The number of hydrogen-bond acceptors (Lipinski definition) is 5. The predicted octanol–water partition coefficient (Wildman–Crippen LogP) is 3.72. The van der Waals surface area contributed by atoms with E-state index < -0.39 is 0 Å². The lowest BCUT2D eigenvalue weighted by Gasteiger charge is -2.15. The van der Waals surface area contributed by atoms with Crippen LogP contribution in [0.2, 0.25) is 5.02 Å². The molecule has 7 heteroatoms. The average Bonchev–Trinajstić information content (AvgIpc) is 2.89. The van der Waals surface area contributed by atoms with Gasteiger partial charge < -0.3 is 4.74 Å². The quantitative estimate of drug-likeness (QED) is 0.544. The summed E-state index contributed by atoms with van der Waals surface area (Å²) in [5, 5.41) is 0.218. The predicted molar refractivity (Wildman–Crippen MR) is 108 cm³/mol. The molecule has 3 rings (SSSR count). The molecular weight excluding hydrogens is 388 g/mol. The fraction of sp³-hybridized carbons (Fsp3) is 0.211. The number of rotatable bonds is 6. The van der Waals surface area contributed by atoms with E-state index in [0.29, 0.717) is 28.1 Å². The number of carbonyl (C=O) groups excluding carboxylic acids is 1. The standard InChI is InChI=1S/C19H15ClN2O2S2/c1-2-8-24-16-6-5-13(9-15(16)20)10-17-18(23)22(19(25)26-17)12-14-4-3-7-21-11-14/h1,3-7,9,11,17H,8,10,12H2/t17-/m1/s1. The second-order valence-electron chi connectivity index (χ2n) is 5.62. The monoisotopic (exact) mass is 402 g/mol. The number of thiocarbonyl (C=S) groups is 1. The summed E-state index contributed by atoms with van der Waals surface area (Å²) in [5.41, 5.74) is 1.89. The van der Waals surface area contributed by atoms with E-state index in [1.54, 1.807) is 29.4 Å². The fourth-order valence-corrected chi connectivity index (χ4v) is 4.36. The highest BCUT2D eigenvalue weighted by atomic mass is 35.5. The molecule has 0 unspecified atom stereocenters. The van der Waals surface area contributed by atoms with Crippen molar-refractivity contribution in [3.05, 3.63) is 58.9 Å². The molecule has 2 heterocycles. The molecule has 0 aliphatic carbocycles. The van der Waals surface area contributed by atoms with Gasteiger partial charge in [-0.1, -0.05) is 53.6 Å². The minimum Gasteiger partial charge on any atom is -0.479 e. The van der Waals surface area contributed by atoms with Crippen molar-refractivity contribution in [3.8, 4) is 18.1 Å². The molecule has 0 saturated carbocycles. The Bertz CT molecular complexity index is 868. The van der Waals surface area contributed by atoms with Crippen molar-refractivity contribution in [3.63, 3.8) is 0 Å². The van der Waals surface area contributed by atoms with Crippen LogP contribution in [0.25, 0.3) is 0 Å². The molecule has 0 radical (unpaired) electrons. The van der Waals surface area contributed by atoms with Gasteiger partial charge in [0.2, 0.25) is 5.91 Å². The van der Waals surface area contributed by atoms with Gasteiger partial charge in [-0.3, -0.25) is 14.7 Å². The van der Waals surface area contributed by atoms with Crippen LogP contribution in [-0.4, -0.2) is 32.0 Å². The molecule has 1 amide bonds. The second kappa shape index (κ2) is 8.54. The molecule has 1 aromatic carbocycles. The van der Waals surface area contributed by atoms with E-state index >= 15 is 0 Å². The number of aromatic nitrogens is 1. The molecule has 1 aromatic heterocycles. The molecule has 1 fully saturated rings. The third-order valence-corrected chi connectivity index (χ3v) is 5.68. The van der Waals surface area contributed by atoms with Gasteiger partial charge in [-0.2, -0.15) is 0 Å². The zero-order valence-electron chi connectivity index (χ0n) is 13.7. The second-order valence-corrected chi connectivity index (χ2v) is 7.86. The summed E-state index contributed by atoms with van der Waals surface area (Å²) in [6.45, 7) is 0.599. The van der Waals surface area contributed by atoms with E-state index in [1.807, 2.05) is 18.2 Å². The van der Waals surface area contributed by atoms with Crippen molar-refractivity contribution >= 4 is 45.8 Å². The summed E-state index contributed by atoms with van der Waals surface area (Å²) < 4.78 is 5.94. The lowest BCUT2D eigenvalue weighted by Crippen LogP contribution is -2.31. The minimum absolute atomic E-state index is 0.00707. The van der Waals surface area contributed by atoms with Crippen LogP contribution in [0.15, 0.2) is 42.7 Å². The number of pyridine rings is 1. The third kappa shape index (κ3) is 4.36. The molecule has 1 atom stereocenters. The van der Waals surface area contributed by atoms with Crippen LogP contribution in [0, 0.1) is 12.3 Å². The number of halogens is 1. The van der Waals surface area contributed by atoms with Gasteiger partial charge in [-0.05, 0) is 35.7 Å². The van der Waals surface area contributed by atoms with Crippen molar-refractivity contribution in [1.82, 2.24) is 9.88 Å². The summed E-state index contributed by atoms with van der Waals surface area (Å²) in [5.74, 6) is 2.94. The highest BCUT2D eigenvalue weighted by molar-refractivity contribution is 8.24. The molecule has 132 valence electrons. The number of hydrogen-bond donors (Lipinski definition) is 0. The Morgan fingerprint density at radius 3 is 2.92 bits per heavy atom. The summed E-state index contributed by atoms with van der Waals surface area (Å²) in [4.78, 5) is 18.4. The number of terminal acetylenes is 1. The van der Waals surface area contributed by atoms with Crippen molar-refractivity contribution in [2.24, 2.45) is 0 Å². The van der Waals surface area contributed by atoms with Crippen LogP contribution in [0.1, 0.15) is 11.1 Å². The first-order valence-electron chi connectivity index (χ1n) is 7.84. The Morgan fingerprint density at radius 2 is 2.23 bits per heavy atom. The van der Waals surface area contributed by atoms with E-state index in [-0.39, 0.29) is 17.8 Å². The zero-order chi connectivity index (χ0) is 18.5. The summed E-state index contributed by atoms with van der Waals surface area (Å²) in [6.07, 6.45) is 9.17. The van der Waals surface area contributed by atoms with Gasteiger partial charge in [0.25, 0.3) is 0 Å². The van der Waals surface area contributed by atoms with Crippen LogP contribution in [0.5, 0.6) is 5.75 Å². The zero-order valence-corrected chi connectivity index (χ0v) is 16.1. The molecule has 1 aliphatic heterocycles. The Kier molecular flexibility index (Phi) is 6.15. The van der Waals surface area contributed by atoms with Crippen LogP contribution in [0.4, 0.5) is 0 Å². The first kappa shape index (κ1) is 18.7. The van der Waals surface area contributed by atoms with Gasteiger partial charge >= 0.3 is 0 Å². The lowest BCUT2D eigenvalue weighted by molar-refractivity contribution is -0.126. The summed E-state index contributed by atoms with van der Waals surface area (Å²) >= 11 is 13.0. The number of carbonyl (C=O) groups is 1. The van der Waals surface area contributed by atoms with E-state index in [1.165, 1.54) is 11.8 Å².